The van der Waals surface area contributed by atoms with Gasteiger partial charge < -0.3 is 9.84 Å². The maximum atomic E-state index is 13.3. The molecule has 0 spiro atoms. The van der Waals surface area contributed by atoms with E-state index < -0.39 is 27.6 Å². The van der Waals surface area contributed by atoms with Gasteiger partial charge in [-0.05, 0) is 67.6 Å². The normalized spacial score (nSPS) is 13.9. The van der Waals surface area contributed by atoms with Gasteiger partial charge in [0.25, 0.3) is 0 Å². The molecule has 0 unspecified atom stereocenters. The third-order valence-electron chi connectivity index (χ3n) is 4.26. The Bertz CT molecular complexity index is 928. The second-order valence-electron chi connectivity index (χ2n) is 8.56. The molecular weight excluding hydrogens is 410 g/mol. The predicted octanol–water partition coefficient (Wildman–Crippen LogP) is 3.78. The molecule has 0 amide bonds. The van der Waals surface area contributed by atoms with Crippen LogP contribution in [0.3, 0.4) is 0 Å². The number of hydrogen-bond donors (Lipinski definition) is 1. The van der Waals surface area contributed by atoms with Crippen LogP contribution >= 0.6 is 11.3 Å². The molecule has 0 saturated heterocycles. The van der Waals surface area contributed by atoms with Crippen LogP contribution in [0.1, 0.15) is 46.6 Å². The smallest absolute Gasteiger partial charge is 0.324 e. The van der Waals surface area contributed by atoms with E-state index in [0.717, 1.165) is 14.4 Å². The fraction of sp³-hybridized carbons (Fsp3) is 0.571. The number of fused-ring (bicyclic) bond motifs is 1. The third-order valence-corrected chi connectivity index (χ3v) is 7.01. The van der Waals surface area contributed by atoms with E-state index in [1.165, 1.54) is 0 Å². The van der Waals surface area contributed by atoms with Gasteiger partial charge in [-0.1, -0.05) is 19.9 Å². The molecule has 162 valence electrons. The number of ether oxygens (including phenoxy) is 1. The van der Waals surface area contributed by atoms with Gasteiger partial charge in [0.15, 0.2) is 0 Å². The van der Waals surface area contributed by atoms with Crippen LogP contribution in [-0.4, -0.2) is 48.6 Å². The third kappa shape index (κ3) is 6.77. The van der Waals surface area contributed by atoms with Crippen molar-refractivity contribution in [1.29, 1.82) is 0 Å². The van der Waals surface area contributed by atoms with E-state index in [4.69, 9.17) is 4.74 Å². The lowest BCUT2D eigenvalue weighted by Gasteiger charge is -2.32. The predicted molar refractivity (Wildman–Crippen MR) is 117 cm³/mol. The zero-order chi connectivity index (χ0) is 21.8. The summed E-state index contributed by atoms with van der Waals surface area (Å²) < 4.78 is 34.2. The molecule has 1 aromatic heterocycles. The average molecular weight is 442 g/mol. The van der Waals surface area contributed by atoms with E-state index in [1.807, 2.05) is 37.4 Å². The minimum absolute atomic E-state index is 0.0751. The number of carbonyl (C=O) groups excluding carboxylic acids is 1. The zero-order valence-electron chi connectivity index (χ0n) is 17.7. The topological polar surface area (TPSA) is 83.9 Å². The Morgan fingerprint density at radius 2 is 1.93 bits per heavy atom. The molecule has 1 N–H and O–H groups in total. The van der Waals surface area contributed by atoms with Crippen molar-refractivity contribution in [3.05, 3.63) is 35.2 Å². The lowest BCUT2D eigenvalue weighted by Crippen LogP contribution is -2.49. The zero-order valence-corrected chi connectivity index (χ0v) is 19.3. The molecule has 2 rings (SSSR count). The second kappa shape index (κ2) is 9.55. The minimum atomic E-state index is -3.86. The number of sulfonamides is 1. The summed E-state index contributed by atoms with van der Waals surface area (Å²) in [7, 11) is -3.86. The molecule has 2 aromatic rings. The van der Waals surface area contributed by atoms with Crippen LogP contribution in [0.4, 0.5) is 0 Å². The number of esters is 1. The van der Waals surface area contributed by atoms with Gasteiger partial charge in [0.1, 0.15) is 11.6 Å². The summed E-state index contributed by atoms with van der Waals surface area (Å²) in [6, 6.07) is 6.52. The van der Waals surface area contributed by atoms with Crippen LogP contribution in [-0.2, 0) is 25.3 Å². The summed E-state index contributed by atoms with van der Waals surface area (Å²) in [5.41, 5.74) is -0.0865. The Labute approximate surface area is 177 Å². The van der Waals surface area contributed by atoms with Gasteiger partial charge in [0.2, 0.25) is 10.0 Å². The van der Waals surface area contributed by atoms with Gasteiger partial charge in [-0.2, -0.15) is 4.31 Å². The van der Waals surface area contributed by atoms with Crippen molar-refractivity contribution < 1.29 is 23.1 Å². The summed E-state index contributed by atoms with van der Waals surface area (Å²) in [5, 5.41) is 12.5. The van der Waals surface area contributed by atoms with Crippen LogP contribution < -0.4 is 0 Å². The molecule has 6 nitrogen and oxygen atoms in total. The van der Waals surface area contributed by atoms with Gasteiger partial charge in [-0.15, -0.1) is 11.3 Å². The Hall–Kier alpha value is -1.48. The van der Waals surface area contributed by atoms with Crippen molar-refractivity contribution in [2.45, 2.75) is 58.4 Å². The summed E-state index contributed by atoms with van der Waals surface area (Å²) in [6.07, 6.45) is 0.317. The first-order valence-corrected chi connectivity index (χ1v) is 12.2. The molecule has 0 fully saturated rings. The first-order chi connectivity index (χ1) is 13.4. The molecule has 1 atom stereocenters. The van der Waals surface area contributed by atoms with Gasteiger partial charge in [0.05, 0.1) is 12.4 Å². The van der Waals surface area contributed by atoms with Gasteiger partial charge in [-0.25, -0.2) is 8.42 Å². The number of nitrogens with zero attached hydrogens (tertiary/aromatic N) is 1. The molecule has 0 bridgehead atoms. The largest absolute Gasteiger partial charge is 0.459 e. The molecule has 0 saturated carbocycles. The number of hydrogen-bond acceptors (Lipinski definition) is 6. The van der Waals surface area contributed by atoms with Gasteiger partial charge in [0, 0.05) is 11.2 Å². The molecule has 0 aliphatic rings. The molecule has 8 heteroatoms. The molecule has 0 aliphatic heterocycles. The van der Waals surface area contributed by atoms with Crippen molar-refractivity contribution in [1.82, 2.24) is 4.31 Å². The Kier molecular flexibility index (Phi) is 7.84. The Balaban J connectivity index is 2.35. The van der Waals surface area contributed by atoms with Gasteiger partial charge >= 0.3 is 5.97 Å². The van der Waals surface area contributed by atoms with Crippen LogP contribution in [0.2, 0.25) is 0 Å². The van der Waals surface area contributed by atoms with E-state index in [9.17, 15) is 18.3 Å². The lowest BCUT2D eigenvalue weighted by molar-refractivity contribution is -0.160. The van der Waals surface area contributed by atoms with Crippen LogP contribution in [0.5, 0.6) is 0 Å². The van der Waals surface area contributed by atoms with Gasteiger partial charge in [-0.3, -0.25) is 4.79 Å². The second-order valence-corrected chi connectivity index (χ2v) is 11.4. The molecule has 0 radical (unpaired) electrons. The Morgan fingerprint density at radius 3 is 2.52 bits per heavy atom. The molecular formula is C21H31NO5S2. The average Bonchev–Trinajstić information content (AvgIpc) is 3.03. The standard InChI is InChI=1S/C21H31NO5S2/c1-15(2)12-18(20(24)27-21(3,4)5)22(9-10-23)29(25,26)14-16-6-7-19-17(13-16)8-11-28-19/h6-8,11,13,15,18,23H,9-10,12,14H2,1-5H3/t18-/m1/s1. The first kappa shape index (κ1) is 23.8. The van der Waals surface area contributed by atoms with Crippen molar-refractivity contribution in [3.8, 4) is 0 Å². The molecule has 29 heavy (non-hydrogen) atoms. The lowest BCUT2D eigenvalue weighted by atomic mass is 10.0. The number of rotatable bonds is 9. The number of carbonyl (C=O) groups is 1. The van der Waals surface area contributed by atoms with Crippen LogP contribution in [0.15, 0.2) is 29.6 Å². The Morgan fingerprint density at radius 1 is 1.24 bits per heavy atom. The number of aliphatic hydroxyl groups excluding tert-OH is 1. The van der Waals surface area contributed by atoms with Crippen molar-refractivity contribution in [2.24, 2.45) is 5.92 Å². The minimum Gasteiger partial charge on any atom is -0.459 e. The highest BCUT2D eigenvalue weighted by molar-refractivity contribution is 7.88. The highest BCUT2D eigenvalue weighted by atomic mass is 32.2. The van der Waals surface area contributed by atoms with E-state index in [0.29, 0.717) is 12.0 Å². The van der Waals surface area contributed by atoms with Crippen molar-refractivity contribution in [3.63, 3.8) is 0 Å². The SMILES string of the molecule is CC(C)C[C@H](C(=O)OC(C)(C)C)N(CCO)S(=O)(=O)Cc1ccc2sccc2c1. The van der Waals surface area contributed by atoms with Crippen LogP contribution in [0, 0.1) is 5.92 Å². The number of thiophene rings is 1. The summed E-state index contributed by atoms with van der Waals surface area (Å²) in [6.45, 7) is 8.56. The van der Waals surface area contributed by atoms with Crippen LogP contribution in [0.25, 0.3) is 10.1 Å². The molecule has 0 aliphatic carbocycles. The highest BCUT2D eigenvalue weighted by Gasteiger charge is 2.37. The fourth-order valence-electron chi connectivity index (χ4n) is 3.13. The van der Waals surface area contributed by atoms with Crippen molar-refractivity contribution >= 4 is 37.4 Å². The first-order valence-electron chi connectivity index (χ1n) is 9.72. The van der Waals surface area contributed by atoms with Crippen molar-refractivity contribution in [2.75, 3.05) is 13.2 Å². The van der Waals surface area contributed by atoms with E-state index >= 15 is 0 Å². The number of benzene rings is 1. The fourth-order valence-corrected chi connectivity index (χ4v) is 5.59. The monoisotopic (exact) mass is 441 g/mol. The highest BCUT2D eigenvalue weighted by Crippen LogP contribution is 2.25. The van der Waals surface area contributed by atoms with E-state index in [-0.39, 0.29) is 24.8 Å². The summed E-state index contributed by atoms with van der Waals surface area (Å²) in [4.78, 5) is 12.8. The number of aliphatic hydroxyl groups is 1. The van der Waals surface area contributed by atoms with E-state index in [1.54, 1.807) is 38.2 Å². The quantitative estimate of drug-likeness (QED) is 0.599. The maximum absolute atomic E-state index is 13.3. The van der Waals surface area contributed by atoms with E-state index in [2.05, 4.69) is 0 Å². The maximum Gasteiger partial charge on any atom is 0.324 e. The summed E-state index contributed by atoms with van der Waals surface area (Å²) >= 11 is 1.60. The molecule has 1 heterocycles. The summed E-state index contributed by atoms with van der Waals surface area (Å²) in [5.74, 6) is -0.751. The molecule has 1 aromatic carbocycles.